The Bertz CT molecular complexity index is 316. The van der Waals surface area contributed by atoms with Crippen molar-refractivity contribution in [2.45, 2.75) is 78.4 Å². The second kappa shape index (κ2) is 13.1. The molecule has 0 aromatic heterocycles. The van der Waals surface area contributed by atoms with E-state index in [1.807, 2.05) is 6.92 Å². The van der Waals surface area contributed by atoms with E-state index in [1.165, 1.54) is 51.4 Å². The second-order valence-corrected chi connectivity index (χ2v) is 6.76. The van der Waals surface area contributed by atoms with Crippen molar-refractivity contribution in [2.75, 3.05) is 20.6 Å². The maximum atomic E-state index is 11.6. The predicted molar refractivity (Wildman–Crippen MR) is 90.0 cm³/mol. The molecule has 1 unspecified atom stereocenters. The summed E-state index contributed by atoms with van der Waals surface area (Å²) in [4.78, 5) is 11.6. The standard InChI is InChI=1S/C18H36NO2.BrH/c1-7-8-9-10-11-12-13-14-15-19(5,6)17(4)21-18(20)16(2)3;/h17H,2,7-15H2,1,3-6H3;1H/q+1;/p-1. The minimum absolute atomic E-state index is 0. The molecule has 0 aromatic rings. The predicted octanol–water partition coefficient (Wildman–Crippen LogP) is 1.67. The Hall–Kier alpha value is -0.350. The molecule has 0 aliphatic heterocycles. The van der Waals surface area contributed by atoms with Crippen molar-refractivity contribution in [1.29, 1.82) is 0 Å². The molecule has 22 heavy (non-hydrogen) atoms. The molecule has 0 bridgehead atoms. The first-order valence-corrected chi connectivity index (χ1v) is 8.50. The maximum Gasteiger partial charge on any atom is 0.337 e. The first-order valence-electron chi connectivity index (χ1n) is 8.50. The Kier molecular flexibility index (Phi) is 14.3. The molecule has 3 nitrogen and oxygen atoms in total. The van der Waals surface area contributed by atoms with Crippen LogP contribution < -0.4 is 17.0 Å². The van der Waals surface area contributed by atoms with E-state index in [-0.39, 0.29) is 29.2 Å². The number of hydrogen-bond donors (Lipinski definition) is 0. The average Bonchev–Trinajstić information content (AvgIpc) is 2.41. The number of carbonyl (C=O) groups excluding carboxylic acids is 1. The average molecular weight is 378 g/mol. The maximum absolute atomic E-state index is 11.6. The van der Waals surface area contributed by atoms with Crippen molar-refractivity contribution >= 4 is 5.97 Å². The number of unbranched alkanes of at least 4 members (excludes halogenated alkanes) is 7. The van der Waals surface area contributed by atoms with Gasteiger partial charge in [-0.05, 0) is 19.8 Å². The van der Waals surface area contributed by atoms with Gasteiger partial charge in [-0.3, -0.25) is 4.48 Å². The van der Waals surface area contributed by atoms with Gasteiger partial charge in [0.05, 0.1) is 20.6 Å². The van der Waals surface area contributed by atoms with E-state index in [1.54, 1.807) is 6.92 Å². The second-order valence-electron chi connectivity index (χ2n) is 6.76. The van der Waals surface area contributed by atoms with Crippen LogP contribution in [0, 0.1) is 0 Å². The van der Waals surface area contributed by atoms with Crippen LogP contribution in [0.5, 0.6) is 0 Å². The minimum atomic E-state index is -0.287. The third-order valence-electron chi connectivity index (χ3n) is 4.20. The molecule has 0 heterocycles. The summed E-state index contributed by atoms with van der Waals surface area (Å²) in [5.74, 6) is -0.287. The number of rotatable bonds is 12. The van der Waals surface area contributed by atoms with Crippen LogP contribution in [-0.4, -0.2) is 37.3 Å². The van der Waals surface area contributed by atoms with Crippen LogP contribution in [0.25, 0.3) is 0 Å². The van der Waals surface area contributed by atoms with E-state index in [0.29, 0.717) is 5.57 Å². The van der Waals surface area contributed by atoms with E-state index in [4.69, 9.17) is 4.74 Å². The third kappa shape index (κ3) is 11.2. The summed E-state index contributed by atoms with van der Waals surface area (Å²) >= 11 is 0. The molecule has 0 radical (unpaired) electrons. The summed E-state index contributed by atoms with van der Waals surface area (Å²) in [5, 5.41) is 0. The van der Waals surface area contributed by atoms with Gasteiger partial charge in [0.1, 0.15) is 0 Å². The molecule has 0 amide bonds. The molecule has 0 aliphatic carbocycles. The molecule has 1 atom stereocenters. The minimum Gasteiger partial charge on any atom is -1.00 e. The molecule has 132 valence electrons. The highest BCUT2D eigenvalue weighted by Gasteiger charge is 2.26. The molecule has 0 spiro atoms. The van der Waals surface area contributed by atoms with Gasteiger partial charge >= 0.3 is 5.97 Å². The molecule has 0 aromatic carbocycles. The fraction of sp³-hybridized carbons (Fsp3) is 0.833. The molecular formula is C18H36BrNO2. The van der Waals surface area contributed by atoms with E-state index in [0.717, 1.165) is 11.0 Å². The summed E-state index contributed by atoms with van der Waals surface area (Å²) < 4.78 is 6.15. The van der Waals surface area contributed by atoms with Crippen molar-refractivity contribution in [1.82, 2.24) is 0 Å². The van der Waals surface area contributed by atoms with Gasteiger partial charge in [-0.1, -0.05) is 52.0 Å². The van der Waals surface area contributed by atoms with Gasteiger partial charge in [0.25, 0.3) is 0 Å². The van der Waals surface area contributed by atoms with Crippen LogP contribution in [-0.2, 0) is 9.53 Å². The first kappa shape index (κ1) is 23.9. The normalized spacial score (nSPS) is 12.4. The van der Waals surface area contributed by atoms with Crippen LogP contribution in [0.2, 0.25) is 0 Å². The van der Waals surface area contributed by atoms with E-state index < -0.39 is 0 Å². The van der Waals surface area contributed by atoms with Crippen molar-refractivity contribution in [2.24, 2.45) is 0 Å². The highest BCUT2D eigenvalue weighted by molar-refractivity contribution is 5.86. The van der Waals surface area contributed by atoms with Gasteiger partial charge in [0.15, 0.2) is 0 Å². The smallest absolute Gasteiger partial charge is 0.337 e. The van der Waals surface area contributed by atoms with Crippen molar-refractivity contribution in [3.63, 3.8) is 0 Å². The first-order chi connectivity index (χ1) is 9.81. The van der Waals surface area contributed by atoms with Gasteiger partial charge < -0.3 is 21.7 Å². The molecule has 0 saturated heterocycles. The monoisotopic (exact) mass is 377 g/mol. The Morgan fingerprint density at radius 2 is 1.50 bits per heavy atom. The highest BCUT2D eigenvalue weighted by atomic mass is 79.9. The number of ether oxygens (including phenoxy) is 1. The van der Waals surface area contributed by atoms with Crippen molar-refractivity contribution in [3.8, 4) is 0 Å². The largest absolute Gasteiger partial charge is 1.00 e. The summed E-state index contributed by atoms with van der Waals surface area (Å²) in [7, 11) is 4.25. The Balaban J connectivity index is 0. The molecule has 0 fully saturated rings. The third-order valence-corrected chi connectivity index (χ3v) is 4.20. The van der Waals surface area contributed by atoms with Crippen molar-refractivity contribution in [3.05, 3.63) is 12.2 Å². The molecule has 4 heteroatoms. The fourth-order valence-corrected chi connectivity index (χ4v) is 2.23. The summed E-state index contributed by atoms with van der Waals surface area (Å²) in [6.07, 6.45) is 10.5. The zero-order valence-corrected chi connectivity index (χ0v) is 16.9. The zero-order chi connectivity index (χ0) is 16.3. The summed E-state index contributed by atoms with van der Waals surface area (Å²) in [6.45, 7) is 10.6. The number of halogens is 1. The van der Waals surface area contributed by atoms with Gasteiger partial charge in [-0.15, -0.1) is 0 Å². The van der Waals surface area contributed by atoms with Crippen LogP contribution in [0.4, 0.5) is 0 Å². The van der Waals surface area contributed by atoms with Gasteiger partial charge in [0, 0.05) is 12.5 Å². The number of nitrogens with zero attached hydrogens (tertiary/aromatic N) is 1. The lowest BCUT2D eigenvalue weighted by Crippen LogP contribution is -3.00. The molecule has 0 N–H and O–H groups in total. The van der Waals surface area contributed by atoms with Crippen LogP contribution in [0.3, 0.4) is 0 Å². The van der Waals surface area contributed by atoms with Crippen molar-refractivity contribution < 1.29 is 31.0 Å². The number of carbonyl (C=O) groups is 1. The Morgan fingerprint density at radius 3 is 1.95 bits per heavy atom. The van der Waals surface area contributed by atoms with Crippen LogP contribution in [0.15, 0.2) is 12.2 Å². The van der Waals surface area contributed by atoms with Crippen LogP contribution >= 0.6 is 0 Å². The number of esters is 1. The fourth-order valence-electron chi connectivity index (χ4n) is 2.23. The molecule has 0 saturated carbocycles. The summed E-state index contributed by atoms with van der Waals surface area (Å²) in [5.41, 5.74) is 0.467. The lowest BCUT2D eigenvalue weighted by molar-refractivity contribution is -0.932. The molecule has 0 rings (SSSR count). The lowest BCUT2D eigenvalue weighted by atomic mass is 10.1. The van der Waals surface area contributed by atoms with E-state index in [2.05, 4.69) is 27.6 Å². The zero-order valence-electron chi connectivity index (χ0n) is 15.3. The topological polar surface area (TPSA) is 26.3 Å². The van der Waals surface area contributed by atoms with E-state index in [9.17, 15) is 4.79 Å². The van der Waals surface area contributed by atoms with Crippen LogP contribution in [0.1, 0.15) is 72.1 Å². The SMILES string of the molecule is C=C(C)C(=O)OC(C)[N+](C)(C)CCCCCCCCCC.[Br-]. The Labute approximate surface area is 148 Å². The Morgan fingerprint density at radius 1 is 1.05 bits per heavy atom. The van der Waals surface area contributed by atoms with Gasteiger partial charge in [-0.2, -0.15) is 0 Å². The molecule has 0 aliphatic rings. The highest BCUT2D eigenvalue weighted by Crippen LogP contribution is 2.14. The quantitative estimate of drug-likeness (QED) is 0.170. The number of quaternary nitrogens is 1. The number of hydrogen-bond acceptors (Lipinski definition) is 2. The van der Waals surface area contributed by atoms with Gasteiger partial charge in [0.2, 0.25) is 6.23 Å². The van der Waals surface area contributed by atoms with Gasteiger partial charge in [-0.25, -0.2) is 4.79 Å². The summed E-state index contributed by atoms with van der Waals surface area (Å²) in [6, 6.07) is 0. The lowest BCUT2D eigenvalue weighted by Gasteiger charge is -2.35. The van der Waals surface area contributed by atoms with E-state index >= 15 is 0 Å². The molecular weight excluding hydrogens is 342 g/mol.